The van der Waals surface area contributed by atoms with E-state index >= 15 is 0 Å². The maximum Gasteiger partial charge on any atom is 0.0580 e. The van der Waals surface area contributed by atoms with Gasteiger partial charge in [-0.15, -0.1) is 0 Å². The van der Waals surface area contributed by atoms with Gasteiger partial charge in [-0.2, -0.15) is 0 Å². The Morgan fingerprint density at radius 2 is 1.42 bits per heavy atom. The van der Waals surface area contributed by atoms with Crippen molar-refractivity contribution in [3.05, 3.63) is 84.4 Å². The zero-order valence-corrected chi connectivity index (χ0v) is 13.2. The van der Waals surface area contributed by atoms with Crippen molar-refractivity contribution in [2.75, 3.05) is 0 Å². The van der Waals surface area contributed by atoms with E-state index in [1.807, 2.05) is 0 Å². The van der Waals surface area contributed by atoms with Crippen molar-refractivity contribution in [1.82, 2.24) is 4.57 Å². The predicted octanol–water partition coefficient (Wildman–Crippen LogP) is 5.98. The van der Waals surface area contributed by atoms with E-state index in [4.69, 9.17) is 0 Å². The van der Waals surface area contributed by atoms with Crippen LogP contribution in [-0.2, 0) is 6.54 Å². The van der Waals surface area contributed by atoms with Gasteiger partial charge in [-0.05, 0) is 34.0 Å². The molecule has 1 aliphatic heterocycles. The van der Waals surface area contributed by atoms with Crippen LogP contribution in [0.25, 0.3) is 43.7 Å². The number of benzene rings is 4. The maximum atomic E-state index is 2.49. The van der Waals surface area contributed by atoms with Crippen molar-refractivity contribution < 1.29 is 0 Å². The predicted molar refractivity (Wildman–Crippen MR) is 101 cm³/mol. The van der Waals surface area contributed by atoms with Crippen LogP contribution in [0.4, 0.5) is 0 Å². The smallest absolute Gasteiger partial charge is 0.0580 e. The second kappa shape index (κ2) is 4.27. The van der Waals surface area contributed by atoms with E-state index in [1.54, 1.807) is 0 Å². The highest BCUT2D eigenvalue weighted by molar-refractivity contribution is 6.24. The lowest BCUT2D eigenvalue weighted by atomic mass is 9.92. The Kier molecular flexibility index (Phi) is 2.20. The van der Waals surface area contributed by atoms with Gasteiger partial charge in [0.2, 0.25) is 0 Å². The van der Waals surface area contributed by atoms with E-state index in [0.29, 0.717) is 0 Å². The molecule has 5 aromatic rings. The van der Waals surface area contributed by atoms with Gasteiger partial charge in [0.05, 0.1) is 5.52 Å². The third-order valence-corrected chi connectivity index (χ3v) is 5.39. The molecule has 24 heavy (non-hydrogen) atoms. The molecule has 6 rings (SSSR count). The van der Waals surface area contributed by atoms with Crippen molar-refractivity contribution in [3.63, 3.8) is 0 Å². The topological polar surface area (TPSA) is 4.93 Å². The molecular formula is C23H15N. The second-order valence-corrected chi connectivity index (χ2v) is 6.63. The summed E-state index contributed by atoms with van der Waals surface area (Å²) in [4.78, 5) is 0. The molecule has 0 unspecified atom stereocenters. The average molecular weight is 305 g/mol. The molecule has 2 heterocycles. The Labute approximate surface area is 139 Å². The second-order valence-electron chi connectivity index (χ2n) is 6.63. The lowest BCUT2D eigenvalue weighted by Crippen LogP contribution is -2.07. The van der Waals surface area contributed by atoms with Crippen LogP contribution in [0.2, 0.25) is 0 Å². The fraction of sp³-hybridized carbons (Fsp3) is 0.0435. The first-order valence-electron chi connectivity index (χ1n) is 8.43. The lowest BCUT2D eigenvalue weighted by molar-refractivity contribution is 0.861. The molecule has 0 saturated carbocycles. The van der Waals surface area contributed by atoms with Gasteiger partial charge in [-0.1, -0.05) is 66.7 Å². The molecule has 0 N–H and O–H groups in total. The number of fused-ring (bicyclic) bond motifs is 7. The summed E-state index contributed by atoms with van der Waals surface area (Å²) in [6.45, 7) is 0.950. The molecule has 0 amide bonds. The quantitative estimate of drug-likeness (QED) is 0.325. The fourth-order valence-electron chi connectivity index (χ4n) is 4.39. The Morgan fingerprint density at radius 1 is 0.667 bits per heavy atom. The molecule has 0 fully saturated rings. The molecule has 0 radical (unpaired) electrons. The molecule has 1 aliphatic rings. The van der Waals surface area contributed by atoms with Crippen LogP contribution < -0.4 is 0 Å². The van der Waals surface area contributed by atoms with Crippen molar-refractivity contribution in [1.29, 1.82) is 0 Å². The van der Waals surface area contributed by atoms with Crippen molar-refractivity contribution >= 4 is 32.6 Å². The first kappa shape index (κ1) is 12.4. The van der Waals surface area contributed by atoms with Crippen LogP contribution in [-0.4, -0.2) is 4.57 Å². The van der Waals surface area contributed by atoms with Crippen LogP contribution in [0.15, 0.2) is 78.9 Å². The first-order valence-corrected chi connectivity index (χ1v) is 8.43. The maximum absolute atomic E-state index is 2.49. The van der Waals surface area contributed by atoms with E-state index in [-0.39, 0.29) is 0 Å². The highest BCUT2D eigenvalue weighted by atomic mass is 15.0. The monoisotopic (exact) mass is 305 g/mol. The zero-order chi connectivity index (χ0) is 15.7. The van der Waals surface area contributed by atoms with Crippen molar-refractivity contribution in [2.45, 2.75) is 6.54 Å². The van der Waals surface area contributed by atoms with Crippen molar-refractivity contribution in [2.24, 2.45) is 0 Å². The van der Waals surface area contributed by atoms with Crippen LogP contribution in [0, 0.1) is 0 Å². The highest BCUT2D eigenvalue weighted by Crippen LogP contribution is 2.44. The minimum absolute atomic E-state index is 0.950. The Hall–Kier alpha value is -3.06. The van der Waals surface area contributed by atoms with Gasteiger partial charge in [0.15, 0.2) is 0 Å². The third kappa shape index (κ3) is 1.40. The average Bonchev–Trinajstić information content (AvgIpc) is 2.98. The molecule has 0 bridgehead atoms. The standard InChI is InChI=1S/C23H15N/c1-4-10-18-15(7-1)13-20-17-9-3-2-8-16(17)14-24-21-12-6-5-11-19(21)22(18)23(20)24/h1-13H,14H2. The summed E-state index contributed by atoms with van der Waals surface area (Å²) in [6.07, 6.45) is 0. The molecule has 0 atom stereocenters. The zero-order valence-electron chi connectivity index (χ0n) is 13.2. The summed E-state index contributed by atoms with van der Waals surface area (Å²) in [7, 11) is 0. The van der Waals surface area contributed by atoms with Gasteiger partial charge in [0, 0.05) is 28.4 Å². The van der Waals surface area contributed by atoms with Gasteiger partial charge in [0.25, 0.3) is 0 Å². The Morgan fingerprint density at radius 3 is 2.38 bits per heavy atom. The van der Waals surface area contributed by atoms with Crippen LogP contribution in [0.1, 0.15) is 5.56 Å². The summed E-state index contributed by atoms with van der Waals surface area (Å²) < 4.78 is 2.49. The molecule has 1 heteroatoms. The number of aromatic nitrogens is 1. The lowest BCUT2D eigenvalue weighted by Gasteiger charge is -2.21. The Bertz CT molecular complexity index is 1270. The number of rotatable bonds is 0. The van der Waals surface area contributed by atoms with Gasteiger partial charge in [-0.25, -0.2) is 0 Å². The molecular weight excluding hydrogens is 290 g/mol. The SMILES string of the molecule is c1ccc2c(c1)Cn1c3ccccc3c3c4ccccc4cc-2c31. The normalized spacial score (nSPS) is 12.8. The summed E-state index contributed by atoms with van der Waals surface area (Å²) in [6, 6.07) is 28.8. The van der Waals surface area contributed by atoms with E-state index in [2.05, 4.69) is 83.4 Å². The first-order chi connectivity index (χ1) is 11.9. The molecule has 0 saturated heterocycles. The molecule has 1 nitrogen and oxygen atoms in total. The van der Waals surface area contributed by atoms with Crippen molar-refractivity contribution in [3.8, 4) is 11.1 Å². The minimum atomic E-state index is 0.950. The number of hydrogen-bond acceptors (Lipinski definition) is 0. The summed E-state index contributed by atoms with van der Waals surface area (Å²) in [5.74, 6) is 0. The van der Waals surface area contributed by atoms with E-state index in [0.717, 1.165) is 6.54 Å². The fourth-order valence-corrected chi connectivity index (χ4v) is 4.39. The van der Waals surface area contributed by atoms with E-state index < -0.39 is 0 Å². The third-order valence-electron chi connectivity index (χ3n) is 5.39. The Balaban J connectivity index is 1.98. The van der Waals surface area contributed by atoms with Crippen LogP contribution >= 0.6 is 0 Å². The number of nitrogens with zero attached hydrogens (tertiary/aromatic N) is 1. The molecule has 4 aromatic carbocycles. The summed E-state index contributed by atoms with van der Waals surface area (Å²) in [5.41, 5.74) is 6.86. The number of hydrogen-bond donors (Lipinski definition) is 0. The van der Waals surface area contributed by atoms with Crippen LogP contribution in [0.5, 0.6) is 0 Å². The molecule has 0 aliphatic carbocycles. The molecule has 1 aromatic heterocycles. The van der Waals surface area contributed by atoms with Crippen LogP contribution in [0.3, 0.4) is 0 Å². The number of para-hydroxylation sites is 1. The minimum Gasteiger partial charge on any atom is -0.335 e. The summed E-state index contributed by atoms with van der Waals surface area (Å²) >= 11 is 0. The summed E-state index contributed by atoms with van der Waals surface area (Å²) in [5, 5.41) is 5.43. The van der Waals surface area contributed by atoms with Gasteiger partial charge < -0.3 is 4.57 Å². The van der Waals surface area contributed by atoms with E-state index in [1.165, 1.54) is 49.3 Å². The molecule has 112 valence electrons. The largest absolute Gasteiger partial charge is 0.335 e. The molecule has 0 spiro atoms. The van der Waals surface area contributed by atoms with Gasteiger partial charge in [0.1, 0.15) is 0 Å². The highest BCUT2D eigenvalue weighted by Gasteiger charge is 2.23. The van der Waals surface area contributed by atoms with Gasteiger partial charge in [-0.3, -0.25) is 0 Å². The van der Waals surface area contributed by atoms with E-state index in [9.17, 15) is 0 Å². The van der Waals surface area contributed by atoms with Gasteiger partial charge >= 0.3 is 0 Å².